The van der Waals surface area contributed by atoms with E-state index in [1.165, 1.54) is 6.92 Å². The van der Waals surface area contributed by atoms with Crippen LogP contribution in [0, 0.1) is 5.41 Å². The molecule has 0 saturated heterocycles. The number of allylic oxidation sites excluding steroid dienone is 3. The topological polar surface area (TPSA) is 23.9 Å². The van der Waals surface area contributed by atoms with Gasteiger partial charge in [-0.1, -0.05) is 6.58 Å². The van der Waals surface area contributed by atoms with Gasteiger partial charge in [-0.3, -0.25) is 0 Å². The van der Waals surface area contributed by atoms with Crippen LogP contribution in [0.5, 0.6) is 0 Å². The zero-order valence-corrected chi connectivity index (χ0v) is 6.92. The standard InChI is InChI=1S/C8H10F3N/c1-5(2)7(4-12)6(3)8(9,10)11/h4,12H,1H2,2-3H3/b7-6-,12-4?. The second kappa shape index (κ2) is 3.56. The second-order valence-corrected chi connectivity index (χ2v) is 2.46. The number of rotatable bonds is 2. The van der Waals surface area contributed by atoms with Crippen LogP contribution in [0.3, 0.4) is 0 Å². The Kier molecular flexibility index (Phi) is 3.24. The molecule has 0 unspecified atom stereocenters. The van der Waals surface area contributed by atoms with E-state index in [0.29, 0.717) is 6.21 Å². The Balaban J connectivity index is 5.12. The molecule has 0 atom stereocenters. The molecule has 0 aromatic rings. The van der Waals surface area contributed by atoms with Gasteiger partial charge in [0.15, 0.2) is 0 Å². The first-order valence-corrected chi connectivity index (χ1v) is 3.25. The highest BCUT2D eigenvalue weighted by Gasteiger charge is 2.32. The van der Waals surface area contributed by atoms with Crippen molar-refractivity contribution in [2.24, 2.45) is 0 Å². The Morgan fingerprint density at radius 3 is 1.83 bits per heavy atom. The summed E-state index contributed by atoms with van der Waals surface area (Å²) in [4.78, 5) is 0. The highest BCUT2D eigenvalue weighted by Crippen LogP contribution is 2.28. The predicted molar refractivity (Wildman–Crippen MR) is 42.4 cm³/mol. The van der Waals surface area contributed by atoms with Crippen molar-refractivity contribution in [3.8, 4) is 0 Å². The van der Waals surface area contributed by atoms with Crippen molar-refractivity contribution in [3.63, 3.8) is 0 Å². The van der Waals surface area contributed by atoms with Crippen LogP contribution < -0.4 is 0 Å². The van der Waals surface area contributed by atoms with Crippen molar-refractivity contribution in [1.29, 1.82) is 5.41 Å². The minimum atomic E-state index is -4.37. The lowest BCUT2D eigenvalue weighted by Crippen LogP contribution is -2.12. The van der Waals surface area contributed by atoms with E-state index >= 15 is 0 Å². The molecule has 4 heteroatoms. The van der Waals surface area contributed by atoms with Crippen LogP contribution in [0.4, 0.5) is 13.2 Å². The van der Waals surface area contributed by atoms with Gasteiger partial charge < -0.3 is 5.41 Å². The summed E-state index contributed by atoms with van der Waals surface area (Å²) in [6, 6.07) is 0. The van der Waals surface area contributed by atoms with Gasteiger partial charge in [-0.05, 0) is 19.4 Å². The fourth-order valence-electron chi connectivity index (χ4n) is 0.704. The van der Waals surface area contributed by atoms with Gasteiger partial charge >= 0.3 is 6.18 Å². The maximum absolute atomic E-state index is 12.0. The molecule has 0 amide bonds. The van der Waals surface area contributed by atoms with Gasteiger partial charge in [0.1, 0.15) is 0 Å². The van der Waals surface area contributed by atoms with Crippen LogP contribution in [0.15, 0.2) is 23.3 Å². The molecular weight excluding hydrogens is 167 g/mol. The average Bonchev–Trinajstić information content (AvgIpc) is 1.86. The lowest BCUT2D eigenvalue weighted by atomic mass is 10.0. The van der Waals surface area contributed by atoms with Crippen LogP contribution in [0.25, 0.3) is 0 Å². The van der Waals surface area contributed by atoms with Crippen LogP contribution in [0.2, 0.25) is 0 Å². The summed E-state index contributed by atoms with van der Waals surface area (Å²) in [6.07, 6.45) is -3.70. The van der Waals surface area contributed by atoms with Crippen LogP contribution in [-0.2, 0) is 0 Å². The molecule has 0 saturated carbocycles. The maximum Gasteiger partial charge on any atom is 0.413 e. The van der Waals surface area contributed by atoms with Crippen molar-refractivity contribution < 1.29 is 13.2 Å². The number of halogens is 3. The Morgan fingerprint density at radius 1 is 1.33 bits per heavy atom. The molecule has 1 nitrogen and oxygen atoms in total. The minimum absolute atomic E-state index is 0.150. The third-order valence-corrected chi connectivity index (χ3v) is 1.43. The molecule has 1 N–H and O–H groups in total. The zero-order chi connectivity index (χ0) is 9.94. The van der Waals surface area contributed by atoms with Gasteiger partial charge in [0.2, 0.25) is 0 Å². The number of alkyl halides is 3. The zero-order valence-electron chi connectivity index (χ0n) is 6.92. The van der Waals surface area contributed by atoms with E-state index in [1.807, 2.05) is 0 Å². The quantitative estimate of drug-likeness (QED) is 0.495. The predicted octanol–water partition coefficient (Wildman–Crippen LogP) is 3.09. The van der Waals surface area contributed by atoms with Crippen LogP contribution in [0.1, 0.15) is 13.8 Å². The van der Waals surface area contributed by atoms with E-state index in [1.54, 1.807) is 0 Å². The lowest BCUT2D eigenvalue weighted by molar-refractivity contribution is -0.0916. The first-order chi connectivity index (χ1) is 5.30. The molecule has 0 aliphatic carbocycles. The van der Waals surface area contributed by atoms with Crippen molar-refractivity contribution >= 4 is 6.21 Å². The Labute approximate surface area is 69.1 Å². The monoisotopic (exact) mass is 177 g/mol. The third-order valence-electron chi connectivity index (χ3n) is 1.43. The summed E-state index contributed by atoms with van der Waals surface area (Å²) < 4.78 is 36.1. The van der Waals surface area contributed by atoms with Crippen molar-refractivity contribution in [2.45, 2.75) is 20.0 Å². The fraction of sp³-hybridized carbons (Fsp3) is 0.375. The molecule has 68 valence electrons. The largest absolute Gasteiger partial charge is 0.413 e. The van der Waals surface area contributed by atoms with Crippen LogP contribution >= 0.6 is 0 Å². The van der Waals surface area contributed by atoms with Gasteiger partial charge in [0.25, 0.3) is 0 Å². The maximum atomic E-state index is 12.0. The highest BCUT2D eigenvalue weighted by atomic mass is 19.4. The summed E-state index contributed by atoms with van der Waals surface area (Å²) in [5.41, 5.74) is -0.674. The summed E-state index contributed by atoms with van der Waals surface area (Å²) >= 11 is 0. The minimum Gasteiger partial charge on any atom is -0.308 e. The molecule has 0 spiro atoms. The van der Waals surface area contributed by atoms with Crippen molar-refractivity contribution in [2.75, 3.05) is 0 Å². The second-order valence-electron chi connectivity index (χ2n) is 2.46. The number of nitrogens with one attached hydrogen (secondary N) is 1. The third kappa shape index (κ3) is 2.53. The molecule has 0 radical (unpaired) electrons. The number of hydrogen-bond acceptors (Lipinski definition) is 1. The molecule has 0 fully saturated rings. The van der Waals surface area contributed by atoms with Gasteiger partial charge in [-0.15, -0.1) is 0 Å². The van der Waals surface area contributed by atoms with Crippen LogP contribution in [-0.4, -0.2) is 12.4 Å². The van der Waals surface area contributed by atoms with Gasteiger partial charge in [-0.25, -0.2) is 0 Å². The molecule has 0 aromatic carbocycles. The first kappa shape index (κ1) is 10.9. The Hall–Kier alpha value is -1.06. The van der Waals surface area contributed by atoms with E-state index in [0.717, 1.165) is 6.92 Å². The molecule has 12 heavy (non-hydrogen) atoms. The van der Waals surface area contributed by atoms with Gasteiger partial charge in [0, 0.05) is 17.4 Å². The smallest absolute Gasteiger partial charge is 0.308 e. The summed E-state index contributed by atoms with van der Waals surface area (Å²) in [5.74, 6) is 0. The molecule has 0 aliphatic heterocycles. The number of hydrogen-bond donors (Lipinski definition) is 1. The SMILES string of the molecule is C=C(C)/C(C=N)=C(/C)C(F)(F)F. The average molecular weight is 177 g/mol. The lowest BCUT2D eigenvalue weighted by Gasteiger charge is -2.10. The fourth-order valence-corrected chi connectivity index (χ4v) is 0.704. The summed E-state index contributed by atoms with van der Waals surface area (Å²) in [5, 5.41) is 6.76. The Morgan fingerprint density at radius 2 is 1.75 bits per heavy atom. The molecule has 0 rings (SSSR count). The molecule has 0 aliphatic rings. The molecule has 0 heterocycles. The molecular formula is C8H10F3N. The summed E-state index contributed by atoms with van der Waals surface area (Å²) in [7, 11) is 0. The molecule has 0 aromatic heterocycles. The first-order valence-electron chi connectivity index (χ1n) is 3.25. The normalized spacial score (nSPS) is 13.8. The van der Waals surface area contributed by atoms with E-state index in [9.17, 15) is 13.2 Å². The highest BCUT2D eigenvalue weighted by molar-refractivity contribution is 5.83. The van der Waals surface area contributed by atoms with E-state index in [2.05, 4.69) is 6.58 Å². The Bertz CT molecular complexity index is 235. The van der Waals surface area contributed by atoms with E-state index < -0.39 is 11.7 Å². The van der Waals surface area contributed by atoms with Crippen molar-refractivity contribution in [3.05, 3.63) is 23.3 Å². The summed E-state index contributed by atoms with van der Waals surface area (Å²) in [6.45, 7) is 5.73. The van der Waals surface area contributed by atoms with E-state index in [4.69, 9.17) is 5.41 Å². The van der Waals surface area contributed by atoms with E-state index in [-0.39, 0.29) is 11.1 Å². The van der Waals surface area contributed by atoms with Gasteiger partial charge in [-0.2, -0.15) is 13.2 Å². The van der Waals surface area contributed by atoms with Crippen molar-refractivity contribution in [1.82, 2.24) is 0 Å². The van der Waals surface area contributed by atoms with Gasteiger partial charge in [0.05, 0.1) is 0 Å². The molecule has 0 bridgehead atoms.